The molecular weight excluding hydrogens is 141 g/mol. The minimum Gasteiger partial charge on any atom is -0.171 e. The van der Waals surface area contributed by atoms with E-state index in [0.717, 1.165) is 0 Å². The summed E-state index contributed by atoms with van der Waals surface area (Å²) < 4.78 is 34.9. The molecule has 0 aromatic carbocycles. The molecule has 0 saturated heterocycles. The first kappa shape index (κ1) is 9.53. The Morgan fingerprint density at radius 1 is 1.50 bits per heavy atom. The lowest BCUT2D eigenvalue weighted by atomic mass is 10.0. The lowest BCUT2D eigenvalue weighted by Crippen LogP contribution is -2.13. The Hall–Kier alpha value is -0.470. The maximum absolute atomic E-state index is 11.6. The van der Waals surface area contributed by atoms with Crippen LogP contribution in [0.3, 0.4) is 0 Å². The fourth-order valence-electron chi connectivity index (χ4n) is 0.521. The predicted octanol–water partition coefficient (Wildman–Crippen LogP) is 3.15. The van der Waals surface area contributed by atoms with Crippen LogP contribution in [0, 0.1) is 5.92 Å². The van der Waals surface area contributed by atoms with Crippen molar-refractivity contribution in [1.29, 1.82) is 0 Å². The molecule has 0 aromatic heterocycles. The van der Waals surface area contributed by atoms with Crippen LogP contribution in [0.1, 0.15) is 20.3 Å². The Labute approximate surface area is 58.7 Å². The molecule has 0 N–H and O–H groups in total. The SMILES string of the molecule is C=C(C)C(C)CC(F)(F)F. The molecule has 0 fully saturated rings. The van der Waals surface area contributed by atoms with Crippen molar-refractivity contribution in [2.24, 2.45) is 5.92 Å². The molecule has 0 saturated carbocycles. The zero-order valence-electron chi connectivity index (χ0n) is 6.13. The highest BCUT2D eigenvalue weighted by molar-refractivity contribution is 4.94. The molecule has 1 atom stereocenters. The van der Waals surface area contributed by atoms with Gasteiger partial charge in [-0.25, -0.2) is 0 Å². The van der Waals surface area contributed by atoms with Crippen molar-refractivity contribution in [3.63, 3.8) is 0 Å². The van der Waals surface area contributed by atoms with Crippen LogP contribution in [0.25, 0.3) is 0 Å². The highest BCUT2D eigenvalue weighted by Gasteiger charge is 2.29. The summed E-state index contributed by atoms with van der Waals surface area (Å²) in [7, 11) is 0. The van der Waals surface area contributed by atoms with E-state index in [9.17, 15) is 13.2 Å². The summed E-state index contributed by atoms with van der Waals surface area (Å²) in [5.74, 6) is -0.458. The van der Waals surface area contributed by atoms with Crippen LogP contribution in [0.15, 0.2) is 12.2 Å². The van der Waals surface area contributed by atoms with Crippen LogP contribution in [0.2, 0.25) is 0 Å². The molecule has 0 aliphatic heterocycles. The Kier molecular flexibility index (Phi) is 2.94. The van der Waals surface area contributed by atoms with Crippen LogP contribution in [-0.4, -0.2) is 6.18 Å². The van der Waals surface area contributed by atoms with Gasteiger partial charge >= 0.3 is 6.18 Å². The molecule has 0 aromatic rings. The van der Waals surface area contributed by atoms with Gasteiger partial charge in [-0.15, -0.1) is 0 Å². The largest absolute Gasteiger partial charge is 0.389 e. The third kappa shape index (κ3) is 4.41. The number of allylic oxidation sites excluding steroid dienone is 1. The number of hydrogen-bond acceptors (Lipinski definition) is 0. The Morgan fingerprint density at radius 2 is 1.90 bits per heavy atom. The molecule has 0 amide bonds. The summed E-state index contributed by atoms with van der Waals surface area (Å²) in [4.78, 5) is 0. The molecule has 0 heterocycles. The second-order valence-corrected chi connectivity index (χ2v) is 2.57. The fraction of sp³-hybridized carbons (Fsp3) is 0.714. The van der Waals surface area contributed by atoms with E-state index >= 15 is 0 Å². The molecule has 0 bridgehead atoms. The molecule has 10 heavy (non-hydrogen) atoms. The van der Waals surface area contributed by atoms with E-state index in [2.05, 4.69) is 6.58 Å². The average Bonchev–Trinajstić information content (AvgIpc) is 1.60. The standard InChI is InChI=1S/C7H11F3/c1-5(2)6(3)4-7(8,9)10/h6H,1,4H2,2-3H3. The Balaban J connectivity index is 3.80. The maximum atomic E-state index is 11.6. The van der Waals surface area contributed by atoms with Crippen molar-refractivity contribution < 1.29 is 13.2 Å². The summed E-state index contributed by atoms with van der Waals surface area (Å²) in [6.07, 6.45) is -4.82. The lowest BCUT2D eigenvalue weighted by molar-refractivity contribution is -0.140. The molecule has 0 aliphatic carbocycles. The molecule has 60 valence electrons. The molecule has 0 nitrogen and oxygen atoms in total. The number of hydrogen-bond donors (Lipinski definition) is 0. The van der Waals surface area contributed by atoms with E-state index in [4.69, 9.17) is 0 Å². The molecule has 0 aliphatic rings. The van der Waals surface area contributed by atoms with Crippen molar-refractivity contribution in [2.45, 2.75) is 26.4 Å². The van der Waals surface area contributed by atoms with Gasteiger partial charge in [0.15, 0.2) is 0 Å². The smallest absolute Gasteiger partial charge is 0.171 e. The van der Waals surface area contributed by atoms with Crippen LogP contribution in [0.5, 0.6) is 0 Å². The van der Waals surface area contributed by atoms with E-state index in [1.54, 1.807) is 6.92 Å². The molecule has 1 unspecified atom stereocenters. The van der Waals surface area contributed by atoms with Gasteiger partial charge in [0, 0.05) is 6.42 Å². The summed E-state index contributed by atoms with van der Waals surface area (Å²) in [5, 5.41) is 0. The van der Waals surface area contributed by atoms with Gasteiger partial charge in [-0.2, -0.15) is 13.2 Å². The zero-order chi connectivity index (χ0) is 8.36. The average molecular weight is 152 g/mol. The predicted molar refractivity (Wildman–Crippen MR) is 34.6 cm³/mol. The quantitative estimate of drug-likeness (QED) is 0.533. The molecular formula is C7H11F3. The van der Waals surface area contributed by atoms with Gasteiger partial charge < -0.3 is 0 Å². The zero-order valence-corrected chi connectivity index (χ0v) is 6.13. The highest BCUT2D eigenvalue weighted by Crippen LogP contribution is 2.27. The first-order chi connectivity index (χ1) is 4.33. The van der Waals surface area contributed by atoms with Crippen molar-refractivity contribution in [1.82, 2.24) is 0 Å². The van der Waals surface area contributed by atoms with E-state index in [-0.39, 0.29) is 0 Å². The monoisotopic (exact) mass is 152 g/mol. The van der Waals surface area contributed by atoms with Gasteiger partial charge in [-0.1, -0.05) is 19.1 Å². The first-order valence-corrected chi connectivity index (χ1v) is 3.05. The Bertz CT molecular complexity index is 123. The fourth-order valence-corrected chi connectivity index (χ4v) is 0.521. The minimum atomic E-state index is -4.06. The third-order valence-electron chi connectivity index (χ3n) is 1.38. The topological polar surface area (TPSA) is 0 Å². The van der Waals surface area contributed by atoms with Crippen molar-refractivity contribution in [2.75, 3.05) is 0 Å². The van der Waals surface area contributed by atoms with Gasteiger partial charge in [0.25, 0.3) is 0 Å². The van der Waals surface area contributed by atoms with Crippen molar-refractivity contribution >= 4 is 0 Å². The third-order valence-corrected chi connectivity index (χ3v) is 1.38. The second-order valence-electron chi connectivity index (χ2n) is 2.57. The van der Waals surface area contributed by atoms with E-state index < -0.39 is 18.5 Å². The van der Waals surface area contributed by atoms with Crippen molar-refractivity contribution in [3.8, 4) is 0 Å². The van der Waals surface area contributed by atoms with Gasteiger partial charge in [0.2, 0.25) is 0 Å². The van der Waals surface area contributed by atoms with Crippen LogP contribution in [-0.2, 0) is 0 Å². The number of halogens is 3. The Morgan fingerprint density at radius 3 is 2.00 bits per heavy atom. The summed E-state index contributed by atoms with van der Waals surface area (Å²) >= 11 is 0. The molecule has 3 heteroatoms. The van der Waals surface area contributed by atoms with Crippen LogP contribution >= 0.6 is 0 Å². The minimum absolute atomic E-state index is 0.458. The second kappa shape index (κ2) is 3.08. The van der Waals surface area contributed by atoms with Gasteiger partial charge in [0.05, 0.1) is 0 Å². The lowest BCUT2D eigenvalue weighted by Gasteiger charge is -2.12. The van der Waals surface area contributed by atoms with E-state index in [1.165, 1.54) is 6.92 Å². The van der Waals surface area contributed by atoms with E-state index in [0.29, 0.717) is 5.57 Å². The van der Waals surface area contributed by atoms with Gasteiger partial charge in [-0.05, 0) is 12.8 Å². The van der Waals surface area contributed by atoms with Gasteiger partial charge in [0.1, 0.15) is 0 Å². The highest BCUT2D eigenvalue weighted by atomic mass is 19.4. The van der Waals surface area contributed by atoms with Crippen LogP contribution in [0.4, 0.5) is 13.2 Å². The maximum Gasteiger partial charge on any atom is 0.389 e. The van der Waals surface area contributed by atoms with Gasteiger partial charge in [-0.3, -0.25) is 0 Å². The molecule has 0 rings (SSSR count). The molecule has 0 radical (unpaired) electrons. The van der Waals surface area contributed by atoms with Crippen molar-refractivity contribution in [3.05, 3.63) is 12.2 Å². The molecule has 0 spiro atoms. The first-order valence-electron chi connectivity index (χ1n) is 3.05. The van der Waals surface area contributed by atoms with Crippen LogP contribution < -0.4 is 0 Å². The summed E-state index contributed by atoms with van der Waals surface area (Å²) in [5.41, 5.74) is 0.581. The van der Waals surface area contributed by atoms with E-state index in [1.807, 2.05) is 0 Å². The summed E-state index contributed by atoms with van der Waals surface area (Å²) in [6, 6.07) is 0. The summed E-state index contributed by atoms with van der Waals surface area (Å²) in [6.45, 7) is 6.57. The normalized spacial score (nSPS) is 14.9. The number of rotatable bonds is 2. The number of alkyl halides is 3.